The highest BCUT2D eigenvalue weighted by molar-refractivity contribution is 5.64. The van der Waals surface area contributed by atoms with Crippen molar-refractivity contribution in [1.29, 1.82) is 5.26 Å². The van der Waals surface area contributed by atoms with E-state index < -0.39 is 10.3 Å². The van der Waals surface area contributed by atoms with E-state index in [9.17, 15) is 15.4 Å². The summed E-state index contributed by atoms with van der Waals surface area (Å²) in [5.74, 6) is 0. The number of hydrogen-bond donors (Lipinski definition) is 0. The first-order chi connectivity index (χ1) is 9.50. The summed E-state index contributed by atoms with van der Waals surface area (Å²) in [4.78, 5) is 12.5. The van der Waals surface area contributed by atoms with Gasteiger partial charge in [-0.25, -0.2) is 0 Å². The molecule has 1 aliphatic rings. The molecular weight excluding hydrogens is 258 g/mol. The van der Waals surface area contributed by atoms with Gasteiger partial charge >= 0.3 is 0 Å². The summed E-state index contributed by atoms with van der Waals surface area (Å²) >= 11 is 0. The molecule has 0 bridgehead atoms. The van der Waals surface area contributed by atoms with Gasteiger partial charge in [0.15, 0.2) is 0 Å². The maximum absolute atomic E-state index is 11.2. The van der Waals surface area contributed by atoms with Gasteiger partial charge < -0.3 is 9.64 Å². The summed E-state index contributed by atoms with van der Waals surface area (Å²) in [6.07, 6.45) is 1.14. The molecule has 0 spiro atoms. The van der Waals surface area contributed by atoms with Gasteiger partial charge in [-0.15, -0.1) is 0 Å². The van der Waals surface area contributed by atoms with Crippen molar-refractivity contribution in [2.45, 2.75) is 18.3 Å². The van der Waals surface area contributed by atoms with Crippen molar-refractivity contribution in [3.8, 4) is 6.07 Å². The Hall–Kier alpha value is -2.13. The summed E-state index contributed by atoms with van der Waals surface area (Å²) < 4.78 is 5.29. The standard InChI is InChI=1S/C14H17N3O3/c1-16(2)12-4-3-11(9-13(12)17(18)19)14(10-15)5-7-20-8-6-14/h3-4,9H,5-8H2,1-2H3. The van der Waals surface area contributed by atoms with Crippen molar-refractivity contribution in [2.24, 2.45) is 0 Å². The van der Waals surface area contributed by atoms with Crippen LogP contribution in [0.4, 0.5) is 11.4 Å². The minimum atomic E-state index is -0.673. The fraction of sp³-hybridized carbons (Fsp3) is 0.500. The van der Waals surface area contributed by atoms with Crippen molar-refractivity contribution >= 4 is 11.4 Å². The maximum atomic E-state index is 11.2. The van der Waals surface area contributed by atoms with E-state index in [4.69, 9.17) is 4.74 Å². The van der Waals surface area contributed by atoms with Crippen LogP contribution in [0.15, 0.2) is 18.2 Å². The smallest absolute Gasteiger partial charge is 0.292 e. The maximum Gasteiger partial charge on any atom is 0.292 e. The van der Waals surface area contributed by atoms with Crippen LogP contribution in [0.25, 0.3) is 0 Å². The van der Waals surface area contributed by atoms with Crippen LogP contribution in [0.2, 0.25) is 0 Å². The van der Waals surface area contributed by atoms with Gasteiger partial charge in [0.25, 0.3) is 5.69 Å². The Kier molecular flexibility index (Phi) is 3.91. The Morgan fingerprint density at radius 2 is 2.05 bits per heavy atom. The molecule has 1 heterocycles. The lowest BCUT2D eigenvalue weighted by molar-refractivity contribution is -0.384. The summed E-state index contributed by atoms with van der Waals surface area (Å²) in [6, 6.07) is 7.39. The lowest BCUT2D eigenvalue weighted by Crippen LogP contribution is -2.32. The van der Waals surface area contributed by atoms with Gasteiger partial charge in [0, 0.05) is 33.4 Å². The van der Waals surface area contributed by atoms with E-state index in [0.717, 1.165) is 0 Å². The predicted octanol–water partition coefficient (Wildman–Crippen LogP) is 2.23. The van der Waals surface area contributed by atoms with E-state index in [1.807, 2.05) is 6.07 Å². The molecule has 20 heavy (non-hydrogen) atoms. The first-order valence-electron chi connectivity index (χ1n) is 6.45. The molecule has 6 nitrogen and oxygen atoms in total. The summed E-state index contributed by atoms with van der Waals surface area (Å²) in [6.45, 7) is 1.02. The van der Waals surface area contributed by atoms with E-state index in [2.05, 4.69) is 6.07 Å². The van der Waals surface area contributed by atoms with Gasteiger partial charge in [-0.3, -0.25) is 10.1 Å². The lowest BCUT2D eigenvalue weighted by Gasteiger charge is -2.31. The summed E-state index contributed by atoms with van der Waals surface area (Å²) in [5, 5.41) is 20.7. The van der Waals surface area contributed by atoms with Crippen molar-refractivity contribution in [3.63, 3.8) is 0 Å². The normalized spacial score (nSPS) is 17.2. The molecule has 1 aromatic rings. The molecule has 2 rings (SSSR count). The number of hydrogen-bond acceptors (Lipinski definition) is 5. The van der Waals surface area contributed by atoms with Gasteiger partial charge in [0.1, 0.15) is 5.69 Å². The molecule has 0 unspecified atom stereocenters. The third-order valence-corrected chi connectivity index (χ3v) is 3.77. The van der Waals surface area contributed by atoms with Crippen LogP contribution in [-0.2, 0) is 10.2 Å². The molecule has 6 heteroatoms. The van der Waals surface area contributed by atoms with E-state index in [1.54, 1.807) is 25.1 Å². The predicted molar refractivity (Wildman–Crippen MR) is 74.8 cm³/mol. The first-order valence-corrected chi connectivity index (χ1v) is 6.45. The Balaban J connectivity index is 2.50. The van der Waals surface area contributed by atoms with Crippen LogP contribution in [0.1, 0.15) is 18.4 Å². The third-order valence-electron chi connectivity index (χ3n) is 3.77. The quantitative estimate of drug-likeness (QED) is 0.624. The number of nitro benzene ring substituents is 1. The van der Waals surface area contributed by atoms with E-state index >= 15 is 0 Å². The topological polar surface area (TPSA) is 79.4 Å². The highest BCUT2D eigenvalue weighted by Gasteiger charge is 2.36. The van der Waals surface area contributed by atoms with E-state index in [-0.39, 0.29) is 5.69 Å². The molecule has 1 aliphatic heterocycles. The molecule has 0 saturated carbocycles. The number of nitriles is 1. The van der Waals surface area contributed by atoms with Gasteiger partial charge in [-0.1, -0.05) is 6.07 Å². The zero-order chi connectivity index (χ0) is 14.8. The molecule has 0 N–H and O–H groups in total. The molecular formula is C14H17N3O3. The fourth-order valence-electron chi connectivity index (χ4n) is 2.53. The molecule has 0 aliphatic carbocycles. The van der Waals surface area contributed by atoms with Crippen molar-refractivity contribution < 1.29 is 9.66 Å². The number of ether oxygens (including phenoxy) is 1. The zero-order valence-electron chi connectivity index (χ0n) is 11.6. The molecule has 0 amide bonds. The SMILES string of the molecule is CN(C)c1ccc(C2(C#N)CCOCC2)cc1[N+](=O)[O-]. The third kappa shape index (κ3) is 2.45. The highest BCUT2D eigenvalue weighted by atomic mass is 16.6. The van der Waals surface area contributed by atoms with Crippen LogP contribution < -0.4 is 4.90 Å². The van der Waals surface area contributed by atoms with Crippen LogP contribution in [0.5, 0.6) is 0 Å². The average molecular weight is 275 g/mol. The van der Waals surface area contributed by atoms with Crippen LogP contribution in [-0.4, -0.2) is 32.2 Å². The second-order valence-electron chi connectivity index (χ2n) is 5.16. The highest BCUT2D eigenvalue weighted by Crippen LogP contribution is 2.38. The second kappa shape index (κ2) is 5.47. The zero-order valence-corrected chi connectivity index (χ0v) is 11.6. The van der Waals surface area contributed by atoms with E-state index in [0.29, 0.717) is 37.3 Å². The number of benzene rings is 1. The molecule has 1 saturated heterocycles. The van der Waals surface area contributed by atoms with Crippen LogP contribution >= 0.6 is 0 Å². The van der Waals surface area contributed by atoms with Crippen LogP contribution in [0, 0.1) is 21.4 Å². The molecule has 1 aromatic carbocycles. The summed E-state index contributed by atoms with van der Waals surface area (Å²) in [7, 11) is 3.52. The van der Waals surface area contributed by atoms with Crippen molar-refractivity contribution in [1.82, 2.24) is 0 Å². The molecule has 0 atom stereocenters. The first kappa shape index (κ1) is 14.3. The average Bonchev–Trinajstić information content (AvgIpc) is 2.47. The molecule has 0 aromatic heterocycles. The second-order valence-corrected chi connectivity index (χ2v) is 5.16. The van der Waals surface area contributed by atoms with E-state index in [1.165, 1.54) is 6.07 Å². The fourth-order valence-corrected chi connectivity index (χ4v) is 2.53. The molecule has 1 fully saturated rings. The molecule has 0 radical (unpaired) electrons. The van der Waals surface area contributed by atoms with Crippen LogP contribution in [0.3, 0.4) is 0 Å². The number of nitrogens with zero attached hydrogens (tertiary/aromatic N) is 3. The Bertz CT molecular complexity index is 557. The van der Waals surface area contributed by atoms with Crippen molar-refractivity contribution in [3.05, 3.63) is 33.9 Å². The summed E-state index contributed by atoms with van der Waals surface area (Å²) in [5.41, 5.74) is 0.613. The number of anilines is 1. The Morgan fingerprint density at radius 1 is 1.40 bits per heavy atom. The van der Waals surface area contributed by atoms with Gasteiger partial charge in [0.2, 0.25) is 0 Å². The largest absolute Gasteiger partial charge is 0.381 e. The Labute approximate surface area is 117 Å². The number of rotatable bonds is 3. The monoisotopic (exact) mass is 275 g/mol. The Morgan fingerprint density at radius 3 is 2.55 bits per heavy atom. The van der Waals surface area contributed by atoms with Gasteiger partial charge in [0.05, 0.1) is 16.4 Å². The van der Waals surface area contributed by atoms with Crippen molar-refractivity contribution in [2.75, 3.05) is 32.2 Å². The lowest BCUT2D eigenvalue weighted by atomic mass is 9.75. The van der Waals surface area contributed by atoms with Gasteiger partial charge in [-0.05, 0) is 24.5 Å². The van der Waals surface area contributed by atoms with Gasteiger partial charge in [-0.2, -0.15) is 5.26 Å². The minimum absolute atomic E-state index is 0.0358. The minimum Gasteiger partial charge on any atom is -0.381 e. The molecule has 106 valence electrons. The number of nitro groups is 1.